The van der Waals surface area contributed by atoms with E-state index in [1.807, 2.05) is 6.92 Å². The van der Waals surface area contributed by atoms with Gasteiger partial charge in [0.05, 0.1) is 16.5 Å². The number of sulfone groups is 1. The summed E-state index contributed by atoms with van der Waals surface area (Å²) in [6.07, 6.45) is 0.643. The summed E-state index contributed by atoms with van der Waals surface area (Å²) < 4.78 is 22.9. The SMILES string of the molecule is CCCS(=O)(=O)CCNc1ccc(Cl)cc1Cl. The van der Waals surface area contributed by atoms with Gasteiger partial charge in [-0.05, 0) is 24.6 Å². The molecule has 6 heteroatoms. The normalized spacial score (nSPS) is 11.5. The second-order valence-electron chi connectivity index (χ2n) is 3.70. The molecule has 0 unspecified atom stereocenters. The Kier molecular flexibility index (Phi) is 5.56. The number of hydrogen-bond donors (Lipinski definition) is 1. The van der Waals surface area contributed by atoms with E-state index in [1.165, 1.54) is 0 Å². The zero-order valence-electron chi connectivity index (χ0n) is 9.54. The molecule has 0 bridgehead atoms. The van der Waals surface area contributed by atoms with E-state index in [2.05, 4.69) is 5.32 Å². The molecule has 0 aliphatic rings. The Labute approximate surface area is 112 Å². The molecule has 0 fully saturated rings. The first-order chi connectivity index (χ1) is 7.94. The maximum atomic E-state index is 11.5. The van der Waals surface area contributed by atoms with Crippen LogP contribution in [0.4, 0.5) is 5.69 Å². The lowest BCUT2D eigenvalue weighted by Crippen LogP contribution is -2.18. The zero-order chi connectivity index (χ0) is 12.9. The lowest BCUT2D eigenvalue weighted by atomic mass is 10.3. The Morgan fingerprint density at radius 3 is 2.53 bits per heavy atom. The predicted molar refractivity (Wildman–Crippen MR) is 73.9 cm³/mol. The minimum atomic E-state index is -2.95. The Balaban J connectivity index is 2.51. The van der Waals surface area contributed by atoms with Gasteiger partial charge in [-0.15, -0.1) is 0 Å². The highest BCUT2D eigenvalue weighted by atomic mass is 35.5. The average Bonchev–Trinajstić information content (AvgIpc) is 2.21. The average molecular weight is 296 g/mol. The van der Waals surface area contributed by atoms with Crippen LogP contribution in [-0.4, -0.2) is 26.5 Å². The van der Waals surface area contributed by atoms with Gasteiger partial charge in [0.15, 0.2) is 9.84 Å². The Bertz CT molecular complexity index is 474. The van der Waals surface area contributed by atoms with Crippen LogP contribution in [0, 0.1) is 0 Å². The largest absolute Gasteiger partial charge is 0.383 e. The lowest BCUT2D eigenvalue weighted by molar-refractivity contribution is 0.595. The summed E-state index contributed by atoms with van der Waals surface area (Å²) in [5, 5.41) is 4.03. The standard InChI is InChI=1S/C11H15Cl2NO2S/c1-2-6-17(15,16)7-5-14-11-4-3-9(12)8-10(11)13/h3-4,8,14H,2,5-7H2,1H3. The molecular weight excluding hydrogens is 281 g/mol. The first-order valence-corrected chi connectivity index (χ1v) is 7.91. The Morgan fingerprint density at radius 2 is 1.94 bits per heavy atom. The maximum Gasteiger partial charge on any atom is 0.152 e. The number of hydrogen-bond acceptors (Lipinski definition) is 3. The number of halogens is 2. The molecule has 1 aromatic rings. The van der Waals surface area contributed by atoms with E-state index in [9.17, 15) is 8.42 Å². The topological polar surface area (TPSA) is 46.2 Å². The molecule has 1 N–H and O–H groups in total. The highest BCUT2D eigenvalue weighted by molar-refractivity contribution is 7.91. The summed E-state index contributed by atoms with van der Waals surface area (Å²) in [5.74, 6) is 0.336. The Hall–Kier alpha value is -0.450. The predicted octanol–water partition coefficient (Wildman–Crippen LogP) is 3.23. The van der Waals surface area contributed by atoms with Crippen molar-refractivity contribution in [3.05, 3.63) is 28.2 Å². The zero-order valence-corrected chi connectivity index (χ0v) is 11.9. The van der Waals surface area contributed by atoms with Gasteiger partial charge in [-0.3, -0.25) is 0 Å². The van der Waals surface area contributed by atoms with E-state index in [4.69, 9.17) is 23.2 Å². The van der Waals surface area contributed by atoms with E-state index in [0.717, 1.165) is 0 Å². The molecule has 0 saturated carbocycles. The third-order valence-electron chi connectivity index (χ3n) is 2.17. The van der Waals surface area contributed by atoms with Crippen molar-refractivity contribution in [3.63, 3.8) is 0 Å². The van der Waals surface area contributed by atoms with E-state index in [0.29, 0.717) is 28.7 Å². The molecule has 17 heavy (non-hydrogen) atoms. The molecule has 0 saturated heterocycles. The van der Waals surface area contributed by atoms with Gasteiger partial charge >= 0.3 is 0 Å². The molecule has 0 heterocycles. The number of nitrogens with one attached hydrogen (secondary N) is 1. The smallest absolute Gasteiger partial charge is 0.152 e. The fourth-order valence-corrected chi connectivity index (χ4v) is 3.10. The second-order valence-corrected chi connectivity index (χ2v) is 6.85. The van der Waals surface area contributed by atoms with Gasteiger partial charge in [0.2, 0.25) is 0 Å². The van der Waals surface area contributed by atoms with Gasteiger partial charge in [-0.2, -0.15) is 0 Å². The number of rotatable bonds is 6. The minimum absolute atomic E-state index is 0.111. The number of anilines is 1. The van der Waals surface area contributed by atoms with Crippen LogP contribution in [0.1, 0.15) is 13.3 Å². The molecule has 0 atom stereocenters. The van der Waals surface area contributed by atoms with Crippen LogP contribution in [0.15, 0.2) is 18.2 Å². The highest BCUT2D eigenvalue weighted by Gasteiger charge is 2.09. The fourth-order valence-electron chi connectivity index (χ4n) is 1.39. The molecule has 3 nitrogen and oxygen atoms in total. The lowest BCUT2D eigenvalue weighted by Gasteiger charge is -2.08. The van der Waals surface area contributed by atoms with Crippen LogP contribution in [-0.2, 0) is 9.84 Å². The monoisotopic (exact) mass is 295 g/mol. The number of benzene rings is 1. The highest BCUT2D eigenvalue weighted by Crippen LogP contribution is 2.25. The molecule has 96 valence electrons. The van der Waals surface area contributed by atoms with E-state index in [1.54, 1.807) is 18.2 Å². The molecule has 0 spiro atoms. The molecule has 1 aromatic carbocycles. The van der Waals surface area contributed by atoms with Crippen molar-refractivity contribution >= 4 is 38.7 Å². The fraction of sp³-hybridized carbons (Fsp3) is 0.455. The third kappa shape index (κ3) is 5.15. The van der Waals surface area contributed by atoms with E-state index in [-0.39, 0.29) is 11.5 Å². The summed E-state index contributed by atoms with van der Waals surface area (Å²) in [7, 11) is -2.95. The van der Waals surface area contributed by atoms with Gasteiger partial charge in [-0.1, -0.05) is 30.1 Å². The molecule has 1 rings (SSSR count). The van der Waals surface area contributed by atoms with Crippen molar-refractivity contribution < 1.29 is 8.42 Å². The molecule has 0 aliphatic heterocycles. The van der Waals surface area contributed by atoms with Crippen LogP contribution in [0.25, 0.3) is 0 Å². The van der Waals surface area contributed by atoms with E-state index >= 15 is 0 Å². The Morgan fingerprint density at radius 1 is 1.24 bits per heavy atom. The summed E-state index contributed by atoms with van der Waals surface area (Å²) in [4.78, 5) is 0. The van der Waals surface area contributed by atoms with Crippen LogP contribution in [0.2, 0.25) is 10.0 Å². The molecular formula is C11H15Cl2NO2S. The second kappa shape index (κ2) is 6.47. The molecule has 0 amide bonds. The quantitative estimate of drug-likeness (QED) is 0.876. The van der Waals surface area contributed by atoms with Gasteiger partial charge in [0, 0.05) is 17.3 Å². The van der Waals surface area contributed by atoms with Gasteiger partial charge in [0.1, 0.15) is 0 Å². The summed E-state index contributed by atoms with van der Waals surface area (Å²) in [6.45, 7) is 2.20. The summed E-state index contributed by atoms with van der Waals surface area (Å²) in [5.41, 5.74) is 0.697. The van der Waals surface area contributed by atoms with Gasteiger partial charge in [0.25, 0.3) is 0 Å². The van der Waals surface area contributed by atoms with Crippen molar-refractivity contribution in [3.8, 4) is 0 Å². The van der Waals surface area contributed by atoms with Crippen LogP contribution in [0.3, 0.4) is 0 Å². The van der Waals surface area contributed by atoms with Crippen molar-refractivity contribution in [2.45, 2.75) is 13.3 Å². The van der Waals surface area contributed by atoms with Gasteiger partial charge in [-0.25, -0.2) is 8.42 Å². The van der Waals surface area contributed by atoms with Gasteiger partial charge < -0.3 is 5.32 Å². The first kappa shape index (κ1) is 14.6. The minimum Gasteiger partial charge on any atom is -0.383 e. The molecule has 0 aromatic heterocycles. The molecule has 0 radical (unpaired) electrons. The maximum absolute atomic E-state index is 11.5. The molecule has 0 aliphatic carbocycles. The van der Waals surface area contributed by atoms with Crippen LogP contribution in [0.5, 0.6) is 0 Å². The van der Waals surface area contributed by atoms with E-state index < -0.39 is 9.84 Å². The van der Waals surface area contributed by atoms with Crippen LogP contribution >= 0.6 is 23.2 Å². The summed E-state index contributed by atoms with van der Waals surface area (Å²) in [6, 6.07) is 5.05. The van der Waals surface area contributed by atoms with Crippen molar-refractivity contribution in [1.29, 1.82) is 0 Å². The van der Waals surface area contributed by atoms with Crippen LogP contribution < -0.4 is 5.32 Å². The first-order valence-electron chi connectivity index (χ1n) is 5.34. The van der Waals surface area contributed by atoms with Crippen molar-refractivity contribution in [1.82, 2.24) is 0 Å². The summed E-state index contributed by atoms with van der Waals surface area (Å²) >= 11 is 11.7. The van der Waals surface area contributed by atoms with Crippen molar-refractivity contribution in [2.75, 3.05) is 23.4 Å². The third-order valence-corrected chi connectivity index (χ3v) is 4.58. The van der Waals surface area contributed by atoms with Crippen molar-refractivity contribution in [2.24, 2.45) is 0 Å².